The molecule has 0 spiro atoms. The molecule has 0 aliphatic rings. The van der Waals surface area contributed by atoms with Gasteiger partial charge in [0.2, 0.25) is 0 Å². The summed E-state index contributed by atoms with van der Waals surface area (Å²) in [6, 6.07) is 11.6. The van der Waals surface area contributed by atoms with Gasteiger partial charge in [0.1, 0.15) is 12.4 Å². The van der Waals surface area contributed by atoms with Crippen molar-refractivity contribution in [3.63, 3.8) is 0 Å². The minimum Gasteiger partial charge on any atom is -0.457 e. The molecule has 3 aromatic rings. The minimum absolute atomic E-state index is 0.118. The second-order valence-corrected chi connectivity index (χ2v) is 5.52. The number of halogens is 1. The van der Waals surface area contributed by atoms with Crippen LogP contribution in [-0.4, -0.2) is 5.97 Å². The van der Waals surface area contributed by atoms with Crippen LogP contribution in [0.5, 0.6) is 0 Å². The lowest BCUT2D eigenvalue weighted by atomic mass is 10.2. The Balaban J connectivity index is 1.76. The molecule has 1 heterocycles. The maximum absolute atomic E-state index is 13.2. The number of carbonyl (C=O) groups excluding carboxylic acids is 1. The maximum atomic E-state index is 13.2. The number of benzene rings is 2. The van der Waals surface area contributed by atoms with Crippen LogP contribution >= 0.6 is 11.3 Å². The van der Waals surface area contributed by atoms with Gasteiger partial charge in [-0.3, -0.25) is 0 Å². The molecule has 0 atom stereocenters. The zero-order valence-corrected chi connectivity index (χ0v) is 11.8. The first-order valence-electron chi connectivity index (χ1n) is 6.32. The van der Waals surface area contributed by atoms with Crippen LogP contribution in [0, 0.1) is 5.82 Å². The third-order valence-electron chi connectivity index (χ3n) is 3.08. The third-order valence-corrected chi connectivity index (χ3v) is 4.09. The Morgan fingerprint density at radius 3 is 2.86 bits per heavy atom. The summed E-state index contributed by atoms with van der Waals surface area (Å²) in [4.78, 5) is 11.9. The molecule has 0 fully saturated rings. The molecule has 2 aromatic carbocycles. The number of nitrogen functional groups attached to an aromatic ring is 1. The van der Waals surface area contributed by atoms with E-state index in [2.05, 4.69) is 0 Å². The molecule has 5 heteroatoms. The highest BCUT2D eigenvalue weighted by Gasteiger charge is 2.11. The number of ether oxygens (including phenoxy) is 1. The number of carbonyl (C=O) groups is 1. The summed E-state index contributed by atoms with van der Waals surface area (Å²) in [6.45, 7) is 0.152. The zero-order valence-electron chi connectivity index (χ0n) is 11.0. The van der Waals surface area contributed by atoms with Crippen LogP contribution in [0.3, 0.4) is 0 Å². The van der Waals surface area contributed by atoms with Crippen molar-refractivity contribution >= 4 is 33.1 Å². The molecular formula is C16H12FNO2S. The third kappa shape index (κ3) is 2.87. The SMILES string of the molecule is Nc1cc(F)cc(C(=O)OCc2csc3ccccc23)c1. The monoisotopic (exact) mass is 301 g/mol. The Morgan fingerprint density at radius 2 is 2.05 bits per heavy atom. The first kappa shape index (κ1) is 13.6. The number of fused-ring (bicyclic) bond motifs is 1. The maximum Gasteiger partial charge on any atom is 0.338 e. The van der Waals surface area contributed by atoms with E-state index in [1.807, 2.05) is 29.6 Å². The van der Waals surface area contributed by atoms with Crippen molar-refractivity contribution in [3.05, 3.63) is 64.8 Å². The molecule has 0 unspecified atom stereocenters. The van der Waals surface area contributed by atoms with Crippen molar-refractivity contribution in [1.29, 1.82) is 0 Å². The van der Waals surface area contributed by atoms with Gasteiger partial charge in [0.05, 0.1) is 5.56 Å². The highest BCUT2D eigenvalue weighted by Crippen LogP contribution is 2.26. The van der Waals surface area contributed by atoms with Crippen molar-refractivity contribution in [2.75, 3.05) is 5.73 Å². The molecule has 0 bridgehead atoms. The van der Waals surface area contributed by atoms with Crippen LogP contribution in [0.15, 0.2) is 47.8 Å². The van der Waals surface area contributed by atoms with Crippen LogP contribution in [0.4, 0.5) is 10.1 Å². The van der Waals surface area contributed by atoms with Gasteiger partial charge in [0, 0.05) is 16.0 Å². The summed E-state index contributed by atoms with van der Waals surface area (Å²) in [5.74, 6) is -1.14. The average molecular weight is 301 g/mol. The van der Waals surface area contributed by atoms with Gasteiger partial charge in [-0.2, -0.15) is 0 Å². The molecule has 0 radical (unpaired) electrons. The van der Waals surface area contributed by atoms with Gasteiger partial charge in [-0.1, -0.05) is 18.2 Å². The van der Waals surface area contributed by atoms with Gasteiger partial charge in [0.25, 0.3) is 0 Å². The molecule has 0 aliphatic heterocycles. The lowest BCUT2D eigenvalue weighted by molar-refractivity contribution is 0.0474. The molecular weight excluding hydrogens is 289 g/mol. The van der Waals surface area contributed by atoms with Gasteiger partial charge < -0.3 is 10.5 Å². The average Bonchev–Trinajstić information content (AvgIpc) is 2.87. The smallest absolute Gasteiger partial charge is 0.338 e. The lowest BCUT2D eigenvalue weighted by Crippen LogP contribution is -2.06. The summed E-state index contributed by atoms with van der Waals surface area (Å²) < 4.78 is 19.6. The van der Waals surface area contributed by atoms with Crippen LogP contribution in [0.1, 0.15) is 15.9 Å². The summed E-state index contributed by atoms with van der Waals surface area (Å²) in [5, 5.41) is 3.02. The highest BCUT2D eigenvalue weighted by atomic mass is 32.1. The number of nitrogens with two attached hydrogens (primary N) is 1. The second-order valence-electron chi connectivity index (χ2n) is 4.61. The van der Waals surface area contributed by atoms with E-state index in [4.69, 9.17) is 10.5 Å². The Hall–Kier alpha value is -2.40. The standard InChI is InChI=1S/C16H12FNO2S/c17-12-5-10(6-13(18)7-12)16(19)20-8-11-9-21-15-4-2-1-3-14(11)15/h1-7,9H,8,18H2. The van der Waals surface area contributed by atoms with Crippen LogP contribution in [0.2, 0.25) is 0 Å². The largest absolute Gasteiger partial charge is 0.457 e. The minimum atomic E-state index is -0.587. The molecule has 0 saturated heterocycles. The molecule has 0 saturated carbocycles. The summed E-state index contributed by atoms with van der Waals surface area (Å²) in [5.41, 5.74) is 6.77. The molecule has 2 N–H and O–H groups in total. The fraction of sp³-hybridized carbons (Fsp3) is 0.0625. The number of hydrogen-bond donors (Lipinski definition) is 1. The first-order chi connectivity index (χ1) is 10.1. The van der Waals surface area contributed by atoms with Crippen LogP contribution < -0.4 is 5.73 Å². The van der Waals surface area contributed by atoms with Gasteiger partial charge >= 0.3 is 5.97 Å². The number of esters is 1. The Kier molecular flexibility index (Phi) is 3.58. The van der Waals surface area contributed by atoms with E-state index in [9.17, 15) is 9.18 Å². The molecule has 3 nitrogen and oxygen atoms in total. The van der Waals surface area contributed by atoms with Gasteiger partial charge in [-0.25, -0.2) is 9.18 Å². The predicted molar refractivity (Wildman–Crippen MR) is 81.8 cm³/mol. The van der Waals surface area contributed by atoms with Crippen LogP contribution in [0.25, 0.3) is 10.1 Å². The van der Waals surface area contributed by atoms with E-state index >= 15 is 0 Å². The Morgan fingerprint density at radius 1 is 1.24 bits per heavy atom. The van der Waals surface area contributed by atoms with E-state index in [1.54, 1.807) is 11.3 Å². The zero-order chi connectivity index (χ0) is 14.8. The summed E-state index contributed by atoms with van der Waals surface area (Å²) >= 11 is 1.60. The van der Waals surface area contributed by atoms with E-state index in [0.29, 0.717) is 0 Å². The molecule has 1 aromatic heterocycles. The van der Waals surface area contributed by atoms with Crippen LogP contribution in [-0.2, 0) is 11.3 Å². The highest BCUT2D eigenvalue weighted by molar-refractivity contribution is 7.17. The molecule has 0 amide bonds. The van der Waals surface area contributed by atoms with E-state index in [0.717, 1.165) is 27.8 Å². The lowest BCUT2D eigenvalue weighted by Gasteiger charge is -2.05. The van der Waals surface area contributed by atoms with Gasteiger partial charge in [-0.05, 0) is 35.0 Å². The number of anilines is 1. The molecule has 3 rings (SSSR count). The van der Waals surface area contributed by atoms with Crippen molar-refractivity contribution in [2.45, 2.75) is 6.61 Å². The Labute approximate surface area is 124 Å². The number of rotatable bonds is 3. The predicted octanol–water partition coefficient (Wildman–Crippen LogP) is 3.98. The Bertz CT molecular complexity index is 793. The van der Waals surface area contributed by atoms with E-state index in [1.165, 1.54) is 6.07 Å². The van der Waals surface area contributed by atoms with Gasteiger partial charge in [-0.15, -0.1) is 11.3 Å². The molecule has 0 aliphatic carbocycles. The molecule has 21 heavy (non-hydrogen) atoms. The molecule has 106 valence electrons. The van der Waals surface area contributed by atoms with Crippen molar-refractivity contribution in [3.8, 4) is 0 Å². The normalized spacial score (nSPS) is 10.7. The van der Waals surface area contributed by atoms with E-state index in [-0.39, 0.29) is 17.9 Å². The fourth-order valence-electron chi connectivity index (χ4n) is 2.10. The van der Waals surface area contributed by atoms with Gasteiger partial charge in [0.15, 0.2) is 0 Å². The quantitative estimate of drug-likeness (QED) is 0.588. The topological polar surface area (TPSA) is 52.3 Å². The second kappa shape index (κ2) is 5.54. The number of hydrogen-bond acceptors (Lipinski definition) is 4. The van der Waals surface area contributed by atoms with Crippen molar-refractivity contribution < 1.29 is 13.9 Å². The van der Waals surface area contributed by atoms with Crippen molar-refractivity contribution in [1.82, 2.24) is 0 Å². The first-order valence-corrected chi connectivity index (χ1v) is 7.20. The summed E-state index contributed by atoms with van der Waals surface area (Å²) in [6.07, 6.45) is 0. The van der Waals surface area contributed by atoms with Crippen molar-refractivity contribution in [2.24, 2.45) is 0 Å². The van der Waals surface area contributed by atoms with E-state index < -0.39 is 11.8 Å². The fourth-order valence-corrected chi connectivity index (χ4v) is 3.05. The number of thiophene rings is 1. The summed E-state index contributed by atoms with van der Waals surface area (Å²) in [7, 11) is 0.